The van der Waals surface area contributed by atoms with E-state index >= 15 is 0 Å². The second-order valence-corrected chi connectivity index (χ2v) is 6.30. The van der Waals surface area contributed by atoms with Gasteiger partial charge in [-0.15, -0.1) is 11.3 Å². The Morgan fingerprint density at radius 1 is 1.12 bits per heavy atom. The van der Waals surface area contributed by atoms with Crippen LogP contribution < -0.4 is 10.1 Å². The van der Waals surface area contributed by atoms with Crippen LogP contribution in [-0.2, 0) is 11.3 Å². The summed E-state index contributed by atoms with van der Waals surface area (Å²) in [5.74, 6) is 0.312. The van der Waals surface area contributed by atoms with E-state index < -0.39 is 0 Å². The standard InChI is InChI=1S/C19H18N2O3S/c1-13-3-7-15(8-4-13)20-19-21-16(12-25-19)11-24-18(22)14-5-9-17(23-2)10-6-14/h3-10,12H,11H2,1-2H3,(H,20,21). The largest absolute Gasteiger partial charge is 0.497 e. The lowest BCUT2D eigenvalue weighted by Gasteiger charge is -2.04. The van der Waals surface area contributed by atoms with E-state index in [0.29, 0.717) is 17.0 Å². The highest BCUT2D eigenvalue weighted by molar-refractivity contribution is 7.13. The van der Waals surface area contributed by atoms with Crippen LogP contribution in [-0.4, -0.2) is 18.1 Å². The molecule has 0 radical (unpaired) electrons. The number of hydrogen-bond acceptors (Lipinski definition) is 6. The van der Waals surface area contributed by atoms with Gasteiger partial charge < -0.3 is 14.8 Å². The number of nitrogens with zero attached hydrogens (tertiary/aromatic N) is 1. The van der Waals surface area contributed by atoms with Crippen LogP contribution in [0.5, 0.6) is 5.75 Å². The third kappa shape index (κ3) is 4.58. The molecule has 5 nitrogen and oxygen atoms in total. The normalized spacial score (nSPS) is 10.3. The minimum atomic E-state index is -0.385. The minimum absolute atomic E-state index is 0.136. The lowest BCUT2D eigenvalue weighted by atomic mass is 10.2. The van der Waals surface area contributed by atoms with Crippen molar-refractivity contribution in [2.24, 2.45) is 0 Å². The summed E-state index contributed by atoms with van der Waals surface area (Å²) >= 11 is 1.47. The summed E-state index contributed by atoms with van der Waals surface area (Å²) < 4.78 is 10.4. The number of methoxy groups -OCH3 is 1. The van der Waals surface area contributed by atoms with Crippen molar-refractivity contribution >= 4 is 28.1 Å². The maximum absolute atomic E-state index is 12.0. The zero-order valence-corrected chi connectivity index (χ0v) is 14.8. The third-order valence-electron chi connectivity index (χ3n) is 3.53. The van der Waals surface area contributed by atoms with E-state index in [4.69, 9.17) is 9.47 Å². The van der Waals surface area contributed by atoms with Gasteiger partial charge in [-0.25, -0.2) is 9.78 Å². The molecule has 128 valence electrons. The van der Waals surface area contributed by atoms with Crippen LogP contribution in [0.15, 0.2) is 53.9 Å². The molecule has 0 fully saturated rings. The van der Waals surface area contributed by atoms with Crippen LogP contribution >= 0.6 is 11.3 Å². The van der Waals surface area contributed by atoms with Crippen molar-refractivity contribution in [2.45, 2.75) is 13.5 Å². The first-order valence-corrected chi connectivity index (χ1v) is 8.61. The number of thiazole rings is 1. The van der Waals surface area contributed by atoms with Crippen molar-refractivity contribution in [3.05, 3.63) is 70.7 Å². The first-order valence-electron chi connectivity index (χ1n) is 7.73. The summed E-state index contributed by atoms with van der Waals surface area (Å²) in [5.41, 5.74) is 3.37. The predicted octanol–water partition coefficient (Wildman–Crippen LogP) is 4.56. The number of ether oxygens (including phenoxy) is 2. The van der Waals surface area contributed by atoms with Crippen LogP contribution in [0.1, 0.15) is 21.6 Å². The lowest BCUT2D eigenvalue weighted by Crippen LogP contribution is -2.05. The fourth-order valence-corrected chi connectivity index (χ4v) is 2.86. The second-order valence-electron chi connectivity index (χ2n) is 5.44. The van der Waals surface area contributed by atoms with Gasteiger partial charge in [0.25, 0.3) is 0 Å². The summed E-state index contributed by atoms with van der Waals surface area (Å²) in [7, 11) is 1.58. The van der Waals surface area contributed by atoms with Crippen molar-refractivity contribution < 1.29 is 14.3 Å². The molecule has 0 atom stereocenters. The van der Waals surface area contributed by atoms with E-state index in [1.165, 1.54) is 16.9 Å². The van der Waals surface area contributed by atoms with Crippen molar-refractivity contribution in [2.75, 3.05) is 12.4 Å². The molecule has 3 aromatic rings. The van der Waals surface area contributed by atoms with Gasteiger partial charge >= 0.3 is 5.97 Å². The van der Waals surface area contributed by atoms with Gasteiger partial charge in [-0.2, -0.15) is 0 Å². The SMILES string of the molecule is COc1ccc(C(=O)OCc2csc(Nc3ccc(C)cc3)n2)cc1. The van der Waals surface area contributed by atoms with Crippen LogP contribution in [0.2, 0.25) is 0 Å². The summed E-state index contributed by atoms with van der Waals surface area (Å²) in [6.07, 6.45) is 0. The van der Waals surface area contributed by atoms with Crippen LogP contribution in [0.3, 0.4) is 0 Å². The van der Waals surface area contributed by atoms with Gasteiger partial charge in [-0.05, 0) is 43.3 Å². The maximum Gasteiger partial charge on any atom is 0.338 e. The number of hydrogen-bond donors (Lipinski definition) is 1. The second kappa shape index (κ2) is 7.81. The number of carbonyl (C=O) groups excluding carboxylic acids is 1. The number of carbonyl (C=O) groups is 1. The molecule has 25 heavy (non-hydrogen) atoms. The van der Waals surface area contributed by atoms with E-state index in [2.05, 4.69) is 10.3 Å². The molecule has 3 rings (SSSR count). The van der Waals surface area contributed by atoms with Gasteiger partial charge in [0.15, 0.2) is 5.13 Å². The predicted molar refractivity (Wildman–Crippen MR) is 98.7 cm³/mol. The monoisotopic (exact) mass is 354 g/mol. The van der Waals surface area contributed by atoms with Crippen molar-refractivity contribution in [1.82, 2.24) is 4.98 Å². The molecule has 0 aliphatic rings. The molecule has 0 aliphatic heterocycles. The van der Waals surface area contributed by atoms with Crippen molar-refractivity contribution in [1.29, 1.82) is 0 Å². The molecule has 0 amide bonds. The molecular weight excluding hydrogens is 336 g/mol. The first-order chi connectivity index (χ1) is 12.1. The molecule has 0 aliphatic carbocycles. The Kier molecular flexibility index (Phi) is 5.30. The van der Waals surface area contributed by atoms with E-state index in [0.717, 1.165) is 10.8 Å². The van der Waals surface area contributed by atoms with Crippen molar-refractivity contribution in [3.63, 3.8) is 0 Å². The number of anilines is 2. The first kappa shape index (κ1) is 17.0. The minimum Gasteiger partial charge on any atom is -0.497 e. The van der Waals surface area contributed by atoms with Gasteiger partial charge in [0, 0.05) is 11.1 Å². The molecular formula is C19H18N2O3S. The summed E-state index contributed by atoms with van der Waals surface area (Å²) in [6.45, 7) is 2.18. The molecule has 0 unspecified atom stereocenters. The molecule has 1 aromatic heterocycles. The van der Waals surface area contributed by atoms with Gasteiger partial charge in [0.1, 0.15) is 12.4 Å². The fourth-order valence-electron chi connectivity index (χ4n) is 2.14. The molecule has 6 heteroatoms. The summed E-state index contributed by atoms with van der Waals surface area (Å²) in [5, 5.41) is 5.87. The Bertz CT molecular complexity index is 842. The molecule has 2 aromatic carbocycles. The van der Waals surface area contributed by atoms with Crippen LogP contribution in [0.4, 0.5) is 10.8 Å². The molecule has 1 heterocycles. The fraction of sp³-hybridized carbons (Fsp3) is 0.158. The molecule has 1 N–H and O–H groups in total. The summed E-state index contributed by atoms with van der Waals surface area (Å²) in [4.78, 5) is 16.5. The molecule has 0 saturated heterocycles. The zero-order valence-electron chi connectivity index (χ0n) is 14.0. The zero-order chi connectivity index (χ0) is 17.6. The molecule has 0 saturated carbocycles. The Hall–Kier alpha value is -2.86. The van der Waals surface area contributed by atoms with E-state index in [-0.39, 0.29) is 12.6 Å². The van der Waals surface area contributed by atoms with E-state index in [1.807, 2.05) is 36.6 Å². The molecule has 0 bridgehead atoms. The van der Waals surface area contributed by atoms with E-state index in [9.17, 15) is 4.79 Å². The third-order valence-corrected chi connectivity index (χ3v) is 4.34. The Morgan fingerprint density at radius 3 is 2.52 bits per heavy atom. The highest BCUT2D eigenvalue weighted by Gasteiger charge is 2.09. The average Bonchev–Trinajstić information content (AvgIpc) is 3.09. The number of nitrogens with one attached hydrogen (secondary N) is 1. The lowest BCUT2D eigenvalue weighted by molar-refractivity contribution is 0.0468. The number of esters is 1. The molecule has 0 spiro atoms. The Morgan fingerprint density at radius 2 is 1.84 bits per heavy atom. The number of aryl methyl sites for hydroxylation is 1. The topological polar surface area (TPSA) is 60.5 Å². The van der Waals surface area contributed by atoms with E-state index in [1.54, 1.807) is 31.4 Å². The van der Waals surface area contributed by atoms with Gasteiger partial charge in [0.2, 0.25) is 0 Å². The number of aromatic nitrogens is 1. The van der Waals surface area contributed by atoms with Crippen molar-refractivity contribution in [3.8, 4) is 5.75 Å². The van der Waals surface area contributed by atoms with Crippen LogP contribution in [0.25, 0.3) is 0 Å². The number of rotatable bonds is 6. The maximum atomic E-state index is 12.0. The smallest absolute Gasteiger partial charge is 0.338 e. The summed E-state index contributed by atoms with van der Waals surface area (Å²) in [6, 6.07) is 14.9. The van der Waals surface area contributed by atoms with Gasteiger partial charge in [0.05, 0.1) is 18.4 Å². The number of benzene rings is 2. The van der Waals surface area contributed by atoms with Crippen LogP contribution in [0, 0.1) is 6.92 Å². The highest BCUT2D eigenvalue weighted by Crippen LogP contribution is 2.22. The van der Waals surface area contributed by atoms with Gasteiger partial charge in [-0.3, -0.25) is 0 Å². The Balaban J connectivity index is 1.55. The van der Waals surface area contributed by atoms with Gasteiger partial charge in [-0.1, -0.05) is 17.7 Å². The quantitative estimate of drug-likeness (QED) is 0.658. The Labute approximate surface area is 150 Å². The highest BCUT2D eigenvalue weighted by atomic mass is 32.1. The average molecular weight is 354 g/mol.